The van der Waals surface area contributed by atoms with Crippen LogP contribution in [0.3, 0.4) is 0 Å². The van der Waals surface area contributed by atoms with Gasteiger partial charge in [0.15, 0.2) is 5.79 Å². The van der Waals surface area contributed by atoms with Crippen molar-refractivity contribution >= 4 is 0 Å². The van der Waals surface area contributed by atoms with Crippen LogP contribution in [0.2, 0.25) is 0 Å². The molecule has 3 aliphatic heterocycles. The van der Waals surface area contributed by atoms with Gasteiger partial charge in [0.1, 0.15) is 17.8 Å². The SMILES string of the molecule is C[C@H]1CCC2N(CC3C([C@@H](O)[C@H](O)[C@]4(O)[C@H]3C[C@@]35O[C@@]6(O)[C@@H](C[C@@H](O)[C@@H]43)[C@]5(C)CC[C@@H]6O)[C@]2(C)O)C1. The van der Waals surface area contributed by atoms with Crippen LogP contribution in [0.15, 0.2) is 0 Å². The van der Waals surface area contributed by atoms with E-state index in [2.05, 4.69) is 11.8 Å². The quantitative estimate of drug-likeness (QED) is 0.222. The lowest BCUT2D eigenvalue weighted by Gasteiger charge is -2.63. The molecule has 7 rings (SSSR count). The first kappa shape index (κ1) is 24.7. The summed E-state index contributed by atoms with van der Waals surface area (Å²) in [6.45, 7) is 7.40. The maximum absolute atomic E-state index is 12.5. The summed E-state index contributed by atoms with van der Waals surface area (Å²) in [7, 11) is 0. The van der Waals surface area contributed by atoms with Crippen LogP contribution in [0.4, 0.5) is 0 Å². The van der Waals surface area contributed by atoms with Crippen LogP contribution in [-0.4, -0.2) is 107 Å². The predicted molar refractivity (Wildman–Crippen MR) is 126 cm³/mol. The third-order valence-corrected chi connectivity index (χ3v) is 12.8. The van der Waals surface area contributed by atoms with Crippen LogP contribution < -0.4 is 0 Å². The molecule has 9 nitrogen and oxygen atoms in total. The summed E-state index contributed by atoms with van der Waals surface area (Å²) < 4.78 is 6.51. The van der Waals surface area contributed by atoms with Gasteiger partial charge in [0.2, 0.25) is 0 Å². The van der Waals surface area contributed by atoms with Crippen molar-refractivity contribution in [2.45, 2.75) is 112 Å². The molecule has 4 bridgehead atoms. The molecule has 7 N–H and O–H groups in total. The summed E-state index contributed by atoms with van der Waals surface area (Å²) in [4.78, 5) is 2.30. The van der Waals surface area contributed by atoms with Gasteiger partial charge in [-0.15, -0.1) is 0 Å². The van der Waals surface area contributed by atoms with Gasteiger partial charge < -0.3 is 40.5 Å². The molecule has 7 fully saturated rings. The van der Waals surface area contributed by atoms with E-state index >= 15 is 0 Å². The van der Waals surface area contributed by atoms with Crippen molar-refractivity contribution in [2.24, 2.45) is 40.9 Å². The number of hydrogen-bond donors (Lipinski definition) is 7. The van der Waals surface area contributed by atoms with E-state index in [1.54, 1.807) is 6.92 Å². The Labute approximate surface area is 212 Å². The molecule has 3 saturated heterocycles. The zero-order valence-electron chi connectivity index (χ0n) is 21.5. The Morgan fingerprint density at radius 3 is 2.39 bits per heavy atom. The van der Waals surface area contributed by atoms with E-state index < -0.39 is 76.1 Å². The molecule has 0 aromatic rings. The fraction of sp³-hybridized carbons (Fsp3) is 1.00. The lowest BCUT2D eigenvalue weighted by molar-refractivity contribution is -0.295. The molecule has 3 heterocycles. The van der Waals surface area contributed by atoms with E-state index in [1.807, 2.05) is 6.92 Å². The fourth-order valence-corrected chi connectivity index (χ4v) is 11.4. The number of fused-ring (bicyclic) bond motifs is 5. The number of ether oxygens (including phenoxy) is 1. The van der Waals surface area contributed by atoms with Crippen molar-refractivity contribution in [1.29, 1.82) is 0 Å². The average molecular weight is 510 g/mol. The fourth-order valence-electron chi connectivity index (χ4n) is 11.4. The first-order valence-electron chi connectivity index (χ1n) is 14.1. The molecule has 4 aliphatic carbocycles. The zero-order chi connectivity index (χ0) is 25.8. The van der Waals surface area contributed by atoms with Gasteiger partial charge in [-0.05, 0) is 63.2 Å². The number of aliphatic hydroxyl groups is 7. The van der Waals surface area contributed by atoms with E-state index in [0.29, 0.717) is 31.7 Å². The van der Waals surface area contributed by atoms with Gasteiger partial charge in [-0.25, -0.2) is 0 Å². The smallest absolute Gasteiger partial charge is 0.196 e. The highest BCUT2D eigenvalue weighted by Crippen LogP contribution is 2.76. The molecule has 0 aromatic heterocycles. The Hall–Kier alpha value is -0.360. The Kier molecular flexibility index (Phi) is 4.82. The normalized spacial score (nSPS) is 68.0. The minimum atomic E-state index is -1.85. The second-order valence-electron chi connectivity index (χ2n) is 14.2. The molecule has 16 atom stereocenters. The topological polar surface area (TPSA) is 154 Å². The first-order valence-corrected chi connectivity index (χ1v) is 14.1. The van der Waals surface area contributed by atoms with Crippen molar-refractivity contribution in [3.8, 4) is 0 Å². The highest BCUT2D eigenvalue weighted by atomic mass is 16.7. The van der Waals surface area contributed by atoms with Crippen LogP contribution in [0.5, 0.6) is 0 Å². The number of hydrogen-bond acceptors (Lipinski definition) is 9. The van der Waals surface area contributed by atoms with Crippen molar-refractivity contribution in [3.05, 3.63) is 0 Å². The number of aliphatic hydroxyl groups excluding tert-OH is 4. The van der Waals surface area contributed by atoms with Crippen molar-refractivity contribution in [1.82, 2.24) is 4.90 Å². The molecule has 0 amide bonds. The molecule has 0 aromatic carbocycles. The minimum Gasteiger partial charge on any atom is -0.393 e. The molecule has 36 heavy (non-hydrogen) atoms. The van der Waals surface area contributed by atoms with E-state index in [0.717, 1.165) is 19.4 Å². The number of rotatable bonds is 0. The highest BCUT2D eigenvalue weighted by Gasteiger charge is 2.86. The Morgan fingerprint density at radius 1 is 0.944 bits per heavy atom. The molecule has 3 unspecified atom stereocenters. The van der Waals surface area contributed by atoms with E-state index in [-0.39, 0.29) is 18.4 Å². The molecule has 4 saturated carbocycles. The largest absolute Gasteiger partial charge is 0.393 e. The maximum Gasteiger partial charge on any atom is 0.196 e. The third-order valence-electron chi connectivity index (χ3n) is 12.8. The van der Waals surface area contributed by atoms with Gasteiger partial charge in [-0.1, -0.05) is 13.8 Å². The van der Waals surface area contributed by atoms with Gasteiger partial charge in [0, 0.05) is 42.3 Å². The van der Waals surface area contributed by atoms with Gasteiger partial charge in [0.05, 0.1) is 23.4 Å². The van der Waals surface area contributed by atoms with Crippen LogP contribution in [0, 0.1) is 40.9 Å². The molecule has 1 spiro atoms. The highest BCUT2D eigenvalue weighted by molar-refractivity contribution is 5.33. The molecule has 7 aliphatic rings. The van der Waals surface area contributed by atoms with E-state index in [9.17, 15) is 35.7 Å². The predicted octanol–water partition coefficient (Wildman–Crippen LogP) is -0.814. The molecule has 0 radical (unpaired) electrons. The van der Waals surface area contributed by atoms with Gasteiger partial charge in [-0.3, -0.25) is 4.90 Å². The maximum atomic E-state index is 12.5. The Bertz CT molecular complexity index is 964. The summed E-state index contributed by atoms with van der Waals surface area (Å²) in [5, 5.41) is 81.4. The summed E-state index contributed by atoms with van der Waals surface area (Å²) in [5.41, 5.74) is -4.88. The molecular weight excluding hydrogens is 466 g/mol. The van der Waals surface area contributed by atoms with E-state index in [4.69, 9.17) is 4.74 Å². The first-order chi connectivity index (χ1) is 16.7. The summed E-state index contributed by atoms with van der Waals surface area (Å²) in [5.74, 6) is -4.29. The van der Waals surface area contributed by atoms with Gasteiger partial charge >= 0.3 is 0 Å². The molecular formula is C27H43NO8. The number of nitrogens with zero attached hydrogens (tertiary/aromatic N) is 1. The lowest BCUT2D eigenvalue weighted by atomic mass is 9.49. The van der Waals surface area contributed by atoms with Crippen molar-refractivity contribution < 1.29 is 40.5 Å². The third kappa shape index (κ3) is 2.46. The summed E-state index contributed by atoms with van der Waals surface area (Å²) in [6, 6.07) is -0.130. The Morgan fingerprint density at radius 2 is 1.67 bits per heavy atom. The van der Waals surface area contributed by atoms with Crippen LogP contribution in [-0.2, 0) is 4.74 Å². The zero-order valence-corrected chi connectivity index (χ0v) is 21.5. The lowest BCUT2D eigenvalue weighted by Crippen LogP contribution is -2.76. The van der Waals surface area contributed by atoms with Crippen molar-refractivity contribution in [2.75, 3.05) is 13.1 Å². The van der Waals surface area contributed by atoms with Gasteiger partial charge in [-0.2, -0.15) is 0 Å². The van der Waals surface area contributed by atoms with Crippen LogP contribution >= 0.6 is 0 Å². The second kappa shape index (κ2) is 7.04. The standard InChI is InChI=1S/C27H43NO8/c1-12-4-5-17-24(3,33)19-13(11-28(17)10-12)14-9-25-21(26(14,34)22(32)20(19)31)15(29)8-16-23(25,2)7-6-18(30)27(16,35)36-25/h12-22,29-35H,4-11H2,1-3H3/t12-,13?,14-,15+,16-,17?,18-,19?,20+,21+,22-,23-,24+,25+,26-,27-/m0/s1. The minimum absolute atomic E-state index is 0.130. The summed E-state index contributed by atoms with van der Waals surface area (Å²) >= 11 is 0. The molecule has 9 heteroatoms. The number of piperidine rings is 2. The second-order valence-corrected chi connectivity index (χ2v) is 14.2. The monoisotopic (exact) mass is 509 g/mol. The summed E-state index contributed by atoms with van der Waals surface area (Å²) in [6.07, 6.45) is -1.92. The van der Waals surface area contributed by atoms with Crippen LogP contribution in [0.25, 0.3) is 0 Å². The molecule has 204 valence electrons. The Balaban J connectivity index is 1.37. The van der Waals surface area contributed by atoms with Crippen LogP contribution in [0.1, 0.15) is 59.3 Å². The van der Waals surface area contributed by atoms with Gasteiger partial charge in [0.25, 0.3) is 0 Å². The average Bonchev–Trinajstić information content (AvgIpc) is 3.08. The van der Waals surface area contributed by atoms with E-state index in [1.165, 1.54) is 0 Å². The van der Waals surface area contributed by atoms with Crippen molar-refractivity contribution in [3.63, 3.8) is 0 Å².